The molecule has 0 atom stereocenters. The molecular formula is C19H21N5O3S. The maximum absolute atomic E-state index is 12.3. The largest absolute Gasteiger partial charge is 0.467 e. The minimum absolute atomic E-state index is 0.134. The SMILES string of the molecule is Cc1ccccc1NC(=O)CSc1nnc(CCC(N)=O)n1Cc1ccco1. The lowest BCUT2D eigenvalue weighted by Gasteiger charge is -2.09. The Labute approximate surface area is 166 Å². The molecule has 3 N–H and O–H groups in total. The number of carbonyl (C=O) groups excluding carboxylic acids is 2. The smallest absolute Gasteiger partial charge is 0.234 e. The van der Waals surface area contributed by atoms with Crippen molar-refractivity contribution in [2.75, 3.05) is 11.1 Å². The third-order valence-electron chi connectivity index (χ3n) is 4.03. The van der Waals surface area contributed by atoms with Gasteiger partial charge >= 0.3 is 0 Å². The number of hydrogen-bond acceptors (Lipinski definition) is 6. The number of aromatic nitrogens is 3. The van der Waals surface area contributed by atoms with Gasteiger partial charge in [-0.3, -0.25) is 14.2 Å². The molecule has 2 aromatic heterocycles. The number of nitrogens with one attached hydrogen (secondary N) is 1. The summed E-state index contributed by atoms with van der Waals surface area (Å²) in [6.45, 7) is 2.35. The fraction of sp³-hybridized carbons (Fsp3) is 0.263. The van der Waals surface area contributed by atoms with Gasteiger partial charge in [0.1, 0.15) is 11.6 Å². The number of carbonyl (C=O) groups is 2. The summed E-state index contributed by atoms with van der Waals surface area (Å²) >= 11 is 1.28. The molecule has 0 aliphatic rings. The predicted octanol–water partition coefficient (Wildman–Crippen LogP) is 2.38. The number of nitrogens with two attached hydrogens (primary N) is 1. The van der Waals surface area contributed by atoms with E-state index in [4.69, 9.17) is 10.2 Å². The molecule has 0 saturated heterocycles. The maximum atomic E-state index is 12.3. The van der Waals surface area contributed by atoms with Gasteiger partial charge in [0.05, 0.1) is 18.6 Å². The van der Waals surface area contributed by atoms with Crippen molar-refractivity contribution in [1.29, 1.82) is 0 Å². The fourth-order valence-electron chi connectivity index (χ4n) is 2.59. The summed E-state index contributed by atoms with van der Waals surface area (Å²) in [6, 6.07) is 11.2. The molecule has 9 heteroatoms. The van der Waals surface area contributed by atoms with Crippen LogP contribution in [0.3, 0.4) is 0 Å². The Morgan fingerprint density at radius 3 is 2.75 bits per heavy atom. The van der Waals surface area contributed by atoms with E-state index in [1.165, 1.54) is 11.8 Å². The number of amides is 2. The Kier molecular flexibility index (Phi) is 6.49. The predicted molar refractivity (Wildman–Crippen MR) is 106 cm³/mol. The first-order valence-electron chi connectivity index (χ1n) is 8.74. The number of rotatable bonds is 9. The summed E-state index contributed by atoms with van der Waals surface area (Å²) in [4.78, 5) is 23.4. The Bertz CT molecular complexity index is 952. The lowest BCUT2D eigenvalue weighted by Crippen LogP contribution is -2.16. The minimum Gasteiger partial charge on any atom is -0.467 e. The van der Waals surface area contributed by atoms with Crippen LogP contribution in [-0.2, 0) is 22.6 Å². The molecule has 0 unspecified atom stereocenters. The number of thioether (sulfide) groups is 1. The molecule has 0 aliphatic carbocycles. The molecule has 3 aromatic rings. The normalized spacial score (nSPS) is 10.8. The molecule has 0 fully saturated rings. The van der Waals surface area contributed by atoms with Crippen molar-refractivity contribution in [1.82, 2.24) is 14.8 Å². The van der Waals surface area contributed by atoms with Gasteiger partial charge < -0.3 is 15.5 Å². The van der Waals surface area contributed by atoms with Gasteiger partial charge in [0.2, 0.25) is 11.8 Å². The van der Waals surface area contributed by atoms with Crippen molar-refractivity contribution in [2.45, 2.75) is 31.5 Å². The molecule has 2 amide bonds. The quantitative estimate of drug-likeness (QED) is 0.534. The molecule has 0 bridgehead atoms. The minimum atomic E-state index is -0.403. The van der Waals surface area contributed by atoms with Gasteiger partial charge in [-0.05, 0) is 30.7 Å². The van der Waals surface area contributed by atoms with Crippen LogP contribution in [0.25, 0.3) is 0 Å². The Morgan fingerprint density at radius 2 is 2.04 bits per heavy atom. The molecule has 146 valence electrons. The van der Waals surface area contributed by atoms with Gasteiger partial charge in [0.25, 0.3) is 0 Å². The number of nitrogens with zero attached hydrogens (tertiary/aromatic N) is 3. The number of aryl methyl sites for hydroxylation is 2. The second kappa shape index (κ2) is 9.23. The second-order valence-corrected chi connectivity index (χ2v) is 7.12. The second-order valence-electron chi connectivity index (χ2n) is 6.18. The average Bonchev–Trinajstić information content (AvgIpc) is 3.31. The lowest BCUT2D eigenvalue weighted by molar-refractivity contribution is -0.118. The summed E-state index contributed by atoms with van der Waals surface area (Å²) in [6.07, 6.45) is 2.14. The van der Waals surface area contributed by atoms with Crippen LogP contribution >= 0.6 is 11.8 Å². The van der Waals surface area contributed by atoms with E-state index in [0.717, 1.165) is 17.0 Å². The van der Waals surface area contributed by atoms with Crippen LogP contribution in [0.1, 0.15) is 23.6 Å². The molecule has 0 radical (unpaired) electrons. The monoisotopic (exact) mass is 399 g/mol. The van der Waals surface area contributed by atoms with E-state index in [0.29, 0.717) is 23.9 Å². The molecule has 3 rings (SSSR count). The van der Waals surface area contributed by atoms with Gasteiger partial charge in [-0.1, -0.05) is 30.0 Å². The number of primary amides is 1. The van der Waals surface area contributed by atoms with Crippen LogP contribution in [0.2, 0.25) is 0 Å². The third kappa shape index (κ3) is 5.23. The van der Waals surface area contributed by atoms with E-state index in [9.17, 15) is 9.59 Å². The van der Waals surface area contributed by atoms with Crippen molar-refractivity contribution in [2.24, 2.45) is 5.73 Å². The van der Waals surface area contributed by atoms with E-state index in [1.54, 1.807) is 12.3 Å². The van der Waals surface area contributed by atoms with Crippen LogP contribution in [0.5, 0.6) is 0 Å². The molecule has 0 spiro atoms. The molecule has 0 saturated carbocycles. The van der Waals surface area contributed by atoms with E-state index in [-0.39, 0.29) is 18.1 Å². The summed E-state index contributed by atoms with van der Waals surface area (Å²) in [5.41, 5.74) is 7.02. The van der Waals surface area contributed by atoms with Gasteiger partial charge in [0, 0.05) is 18.5 Å². The molecule has 0 aliphatic heterocycles. The first-order valence-corrected chi connectivity index (χ1v) is 9.72. The summed E-state index contributed by atoms with van der Waals surface area (Å²) in [7, 11) is 0. The van der Waals surface area contributed by atoms with Gasteiger partial charge in [-0.2, -0.15) is 0 Å². The molecular weight excluding hydrogens is 378 g/mol. The van der Waals surface area contributed by atoms with E-state index < -0.39 is 5.91 Å². The van der Waals surface area contributed by atoms with Gasteiger partial charge in [-0.25, -0.2) is 0 Å². The highest BCUT2D eigenvalue weighted by Gasteiger charge is 2.16. The lowest BCUT2D eigenvalue weighted by atomic mass is 10.2. The van der Waals surface area contributed by atoms with Crippen molar-refractivity contribution >= 4 is 29.3 Å². The number of hydrogen-bond donors (Lipinski definition) is 2. The topological polar surface area (TPSA) is 116 Å². The van der Waals surface area contributed by atoms with Gasteiger partial charge in [0.15, 0.2) is 5.16 Å². The van der Waals surface area contributed by atoms with E-state index in [1.807, 2.05) is 41.8 Å². The summed E-state index contributed by atoms with van der Waals surface area (Å²) < 4.78 is 7.24. The van der Waals surface area contributed by atoms with Crippen molar-refractivity contribution in [3.63, 3.8) is 0 Å². The third-order valence-corrected chi connectivity index (χ3v) is 5.00. The Morgan fingerprint density at radius 1 is 1.21 bits per heavy atom. The first kappa shape index (κ1) is 19.7. The zero-order valence-electron chi connectivity index (χ0n) is 15.4. The zero-order chi connectivity index (χ0) is 19.9. The van der Waals surface area contributed by atoms with Crippen LogP contribution in [-0.4, -0.2) is 32.3 Å². The van der Waals surface area contributed by atoms with Crippen molar-refractivity contribution in [3.05, 3.63) is 59.8 Å². The maximum Gasteiger partial charge on any atom is 0.234 e. The summed E-state index contributed by atoms with van der Waals surface area (Å²) in [5.74, 6) is 0.994. The average molecular weight is 399 g/mol. The highest BCUT2D eigenvalue weighted by atomic mass is 32.2. The van der Waals surface area contributed by atoms with E-state index >= 15 is 0 Å². The van der Waals surface area contributed by atoms with E-state index in [2.05, 4.69) is 15.5 Å². The molecule has 8 nitrogen and oxygen atoms in total. The number of para-hydroxylation sites is 1. The van der Waals surface area contributed by atoms with Gasteiger partial charge in [-0.15, -0.1) is 10.2 Å². The van der Waals surface area contributed by atoms with Crippen LogP contribution in [0.4, 0.5) is 5.69 Å². The fourth-order valence-corrected chi connectivity index (χ4v) is 3.35. The first-order chi connectivity index (χ1) is 13.5. The van der Waals surface area contributed by atoms with Crippen LogP contribution < -0.4 is 11.1 Å². The highest BCUT2D eigenvalue weighted by molar-refractivity contribution is 7.99. The number of anilines is 1. The standard InChI is InChI=1S/C19H21N5O3S/c1-13-5-2-3-7-15(13)21-18(26)12-28-19-23-22-17(9-8-16(20)25)24(19)11-14-6-4-10-27-14/h2-7,10H,8-9,11-12H2,1H3,(H2,20,25)(H,21,26). The van der Waals surface area contributed by atoms with Crippen LogP contribution in [0, 0.1) is 6.92 Å². The summed E-state index contributed by atoms with van der Waals surface area (Å²) in [5, 5.41) is 11.8. The highest BCUT2D eigenvalue weighted by Crippen LogP contribution is 2.21. The Balaban J connectivity index is 1.69. The Hall–Kier alpha value is -3.07. The number of benzene rings is 1. The molecule has 2 heterocycles. The number of furan rings is 1. The zero-order valence-corrected chi connectivity index (χ0v) is 16.2. The molecule has 1 aromatic carbocycles. The molecule has 28 heavy (non-hydrogen) atoms. The van der Waals surface area contributed by atoms with Crippen molar-refractivity contribution in [3.8, 4) is 0 Å². The van der Waals surface area contributed by atoms with Crippen LogP contribution in [0.15, 0.2) is 52.2 Å². The van der Waals surface area contributed by atoms with Crippen molar-refractivity contribution < 1.29 is 14.0 Å².